The molecule has 4 rings (SSSR count). The second kappa shape index (κ2) is 10.4. The lowest BCUT2D eigenvalue weighted by atomic mass is 10.1. The number of hydrogen-bond donors (Lipinski definition) is 0. The predicted molar refractivity (Wildman–Crippen MR) is 139 cm³/mol. The van der Waals surface area contributed by atoms with E-state index >= 15 is 0 Å². The van der Waals surface area contributed by atoms with Gasteiger partial charge in [0.15, 0.2) is 0 Å². The molecule has 36 heavy (non-hydrogen) atoms. The zero-order chi connectivity index (χ0) is 25.7. The van der Waals surface area contributed by atoms with Crippen molar-refractivity contribution in [2.24, 2.45) is 0 Å². The summed E-state index contributed by atoms with van der Waals surface area (Å²) in [6, 6.07) is 21.0. The highest BCUT2D eigenvalue weighted by molar-refractivity contribution is 7.90. The maximum Gasteiger partial charge on any atom is 0.330 e. The summed E-state index contributed by atoms with van der Waals surface area (Å²) in [4.78, 5) is 23.1. The van der Waals surface area contributed by atoms with Gasteiger partial charge in [0.05, 0.1) is 33.2 Å². The van der Waals surface area contributed by atoms with Gasteiger partial charge in [-0.1, -0.05) is 48.5 Å². The number of ether oxygens (including phenoxy) is 1. The van der Waals surface area contributed by atoms with Gasteiger partial charge in [-0.3, -0.25) is 10.1 Å². The second-order valence-corrected chi connectivity index (χ2v) is 9.42. The average Bonchev–Trinajstić information content (AvgIpc) is 3.21. The lowest BCUT2D eigenvalue weighted by Gasteiger charge is -2.11. The molecule has 0 saturated heterocycles. The first-order valence-corrected chi connectivity index (χ1v) is 12.5. The van der Waals surface area contributed by atoms with Crippen LogP contribution in [-0.4, -0.2) is 29.9 Å². The van der Waals surface area contributed by atoms with E-state index in [-0.39, 0.29) is 22.9 Å². The number of aromatic nitrogens is 1. The third-order valence-electron chi connectivity index (χ3n) is 5.42. The van der Waals surface area contributed by atoms with Crippen molar-refractivity contribution in [3.05, 3.63) is 112 Å². The number of rotatable bonds is 8. The summed E-state index contributed by atoms with van der Waals surface area (Å²) < 4.78 is 33.8. The Labute approximate surface area is 208 Å². The molecule has 0 unspecified atom stereocenters. The Morgan fingerprint density at radius 3 is 2.33 bits per heavy atom. The van der Waals surface area contributed by atoms with Crippen molar-refractivity contribution in [3.63, 3.8) is 0 Å². The van der Waals surface area contributed by atoms with Gasteiger partial charge in [-0.25, -0.2) is 17.2 Å². The fourth-order valence-electron chi connectivity index (χ4n) is 3.85. The molecule has 182 valence electrons. The Bertz CT molecular complexity index is 1600. The summed E-state index contributed by atoms with van der Waals surface area (Å²) in [5.41, 5.74) is 1.27. The molecule has 0 aliphatic carbocycles. The number of carbonyl (C=O) groups is 1. The van der Waals surface area contributed by atoms with Crippen molar-refractivity contribution in [3.8, 4) is 0 Å². The van der Waals surface area contributed by atoms with E-state index in [1.807, 2.05) is 0 Å². The molecule has 9 heteroatoms. The second-order valence-electron chi connectivity index (χ2n) is 7.63. The van der Waals surface area contributed by atoms with Crippen LogP contribution < -0.4 is 0 Å². The molecule has 1 heterocycles. The first-order valence-electron chi connectivity index (χ1n) is 11.0. The van der Waals surface area contributed by atoms with Gasteiger partial charge in [0.1, 0.15) is 0 Å². The first-order chi connectivity index (χ1) is 17.3. The molecule has 0 spiro atoms. The molecule has 0 radical (unpaired) electrons. The molecule has 1 aromatic heterocycles. The third kappa shape index (κ3) is 4.82. The standard InChI is InChI=1S/C27H22N2O6S/c1-2-35-27(30)19-17-23-22-13-7-9-15-25(22)28(36(33,34)21-11-4-3-5-12-21)26(23)18-16-20-10-6-8-14-24(20)29(31)32/h3-19H,2H2,1H3/b18-16+,19-17+. The minimum atomic E-state index is -4.07. The largest absolute Gasteiger partial charge is 0.463 e. The van der Waals surface area contributed by atoms with Crippen LogP contribution in [0.1, 0.15) is 23.7 Å². The van der Waals surface area contributed by atoms with E-state index in [4.69, 9.17) is 4.74 Å². The van der Waals surface area contributed by atoms with Crippen LogP contribution in [0.4, 0.5) is 5.69 Å². The molecular formula is C27H22N2O6S. The summed E-state index contributed by atoms with van der Waals surface area (Å²) in [6.45, 7) is 1.88. The van der Waals surface area contributed by atoms with Crippen LogP contribution >= 0.6 is 0 Å². The van der Waals surface area contributed by atoms with Gasteiger partial charge >= 0.3 is 5.97 Å². The number of hydrogen-bond acceptors (Lipinski definition) is 6. The number of nitro groups is 1. The highest BCUT2D eigenvalue weighted by Gasteiger charge is 2.25. The smallest absolute Gasteiger partial charge is 0.330 e. The summed E-state index contributed by atoms with van der Waals surface area (Å²) in [7, 11) is -4.07. The zero-order valence-corrected chi connectivity index (χ0v) is 20.1. The molecule has 0 aliphatic rings. The SMILES string of the molecule is CCOC(=O)/C=C/c1c(/C=C/c2ccccc2[N+](=O)[O-])n(S(=O)(=O)c2ccccc2)c2ccccc12. The highest BCUT2D eigenvalue weighted by atomic mass is 32.2. The van der Waals surface area contributed by atoms with Gasteiger partial charge < -0.3 is 4.74 Å². The number of para-hydroxylation sites is 2. The van der Waals surface area contributed by atoms with E-state index < -0.39 is 20.9 Å². The molecule has 0 aliphatic heterocycles. The third-order valence-corrected chi connectivity index (χ3v) is 7.16. The molecule has 3 aromatic carbocycles. The average molecular weight is 503 g/mol. The van der Waals surface area contributed by atoms with Crippen LogP contribution in [0.3, 0.4) is 0 Å². The number of carbonyl (C=O) groups excluding carboxylic acids is 1. The van der Waals surface area contributed by atoms with Crippen molar-refractivity contribution in [1.29, 1.82) is 0 Å². The number of nitrogens with zero attached hydrogens (tertiary/aromatic N) is 2. The predicted octanol–water partition coefficient (Wildman–Crippen LogP) is 5.53. The lowest BCUT2D eigenvalue weighted by molar-refractivity contribution is -0.385. The van der Waals surface area contributed by atoms with Gasteiger partial charge in [-0.05, 0) is 49.4 Å². The Balaban J connectivity index is 2.02. The summed E-state index contributed by atoms with van der Waals surface area (Å²) in [6.07, 6.45) is 5.72. The van der Waals surface area contributed by atoms with Gasteiger partial charge in [-0.15, -0.1) is 0 Å². The topological polar surface area (TPSA) is 109 Å². The molecule has 0 saturated carbocycles. The summed E-state index contributed by atoms with van der Waals surface area (Å²) in [5, 5.41) is 12.1. The molecule has 0 bridgehead atoms. The van der Waals surface area contributed by atoms with Crippen molar-refractivity contribution in [1.82, 2.24) is 3.97 Å². The Morgan fingerprint density at radius 2 is 1.61 bits per heavy atom. The van der Waals surface area contributed by atoms with Crippen LogP contribution in [0.15, 0.2) is 89.8 Å². The van der Waals surface area contributed by atoms with E-state index in [0.717, 1.165) is 0 Å². The van der Waals surface area contributed by atoms with Crippen molar-refractivity contribution in [2.75, 3.05) is 6.61 Å². The van der Waals surface area contributed by atoms with Crippen LogP contribution in [0.2, 0.25) is 0 Å². The molecule has 0 fully saturated rings. The minimum Gasteiger partial charge on any atom is -0.463 e. The van der Waals surface area contributed by atoms with Gasteiger partial charge in [0.2, 0.25) is 0 Å². The van der Waals surface area contributed by atoms with Crippen LogP contribution in [0.25, 0.3) is 29.1 Å². The fraction of sp³-hybridized carbons (Fsp3) is 0.0741. The monoisotopic (exact) mass is 502 g/mol. The summed E-state index contributed by atoms with van der Waals surface area (Å²) >= 11 is 0. The van der Waals surface area contributed by atoms with Crippen molar-refractivity contribution < 1.29 is 22.9 Å². The summed E-state index contributed by atoms with van der Waals surface area (Å²) in [5.74, 6) is -0.575. The van der Waals surface area contributed by atoms with Crippen molar-refractivity contribution in [2.45, 2.75) is 11.8 Å². The van der Waals surface area contributed by atoms with Crippen molar-refractivity contribution >= 4 is 50.8 Å². The highest BCUT2D eigenvalue weighted by Crippen LogP contribution is 2.33. The fourth-order valence-corrected chi connectivity index (χ4v) is 5.40. The quantitative estimate of drug-likeness (QED) is 0.136. The molecular weight excluding hydrogens is 480 g/mol. The zero-order valence-electron chi connectivity index (χ0n) is 19.3. The van der Waals surface area contributed by atoms with Crippen LogP contribution in [0.5, 0.6) is 0 Å². The molecule has 4 aromatic rings. The Kier molecular flexibility index (Phi) is 7.12. The van der Waals surface area contributed by atoms with E-state index in [1.165, 1.54) is 46.5 Å². The molecule has 0 atom stereocenters. The number of esters is 1. The molecule has 0 amide bonds. The molecule has 8 nitrogen and oxygen atoms in total. The number of fused-ring (bicyclic) bond motifs is 1. The van der Waals surface area contributed by atoms with E-state index in [1.54, 1.807) is 67.6 Å². The van der Waals surface area contributed by atoms with Crippen LogP contribution in [-0.2, 0) is 19.6 Å². The normalized spacial score (nSPS) is 11.9. The van der Waals surface area contributed by atoms with Gasteiger partial charge in [0.25, 0.3) is 15.7 Å². The minimum absolute atomic E-state index is 0.0759. The molecule has 0 N–H and O–H groups in total. The Morgan fingerprint density at radius 1 is 0.944 bits per heavy atom. The maximum absolute atomic E-state index is 13.8. The van der Waals surface area contributed by atoms with E-state index in [9.17, 15) is 23.3 Å². The number of benzene rings is 3. The Hall–Kier alpha value is -4.50. The lowest BCUT2D eigenvalue weighted by Crippen LogP contribution is -2.14. The maximum atomic E-state index is 13.8. The van der Waals surface area contributed by atoms with Gasteiger partial charge in [0, 0.05) is 23.1 Å². The van der Waals surface area contributed by atoms with E-state index in [0.29, 0.717) is 22.0 Å². The van der Waals surface area contributed by atoms with Crippen LogP contribution in [0, 0.1) is 10.1 Å². The van der Waals surface area contributed by atoms with E-state index in [2.05, 4.69) is 0 Å². The van der Waals surface area contributed by atoms with Gasteiger partial charge in [-0.2, -0.15) is 0 Å². The first kappa shape index (κ1) is 24.6. The number of nitro benzene ring substituents is 1.